The SMILES string of the molecule is Cc1ncc(C2CCSC2)c(Cl)n1. The van der Waals surface area contributed by atoms with E-state index in [9.17, 15) is 0 Å². The molecule has 1 aromatic heterocycles. The molecule has 0 N–H and O–H groups in total. The minimum Gasteiger partial charge on any atom is -0.241 e. The van der Waals surface area contributed by atoms with Crippen LogP contribution in [0.3, 0.4) is 0 Å². The van der Waals surface area contributed by atoms with Gasteiger partial charge in [-0.25, -0.2) is 9.97 Å². The molecular formula is C9H11ClN2S. The van der Waals surface area contributed by atoms with Gasteiger partial charge >= 0.3 is 0 Å². The maximum Gasteiger partial charge on any atom is 0.136 e. The van der Waals surface area contributed by atoms with E-state index in [0.29, 0.717) is 11.1 Å². The van der Waals surface area contributed by atoms with Gasteiger partial charge in [0.2, 0.25) is 0 Å². The Kier molecular flexibility index (Phi) is 2.74. The van der Waals surface area contributed by atoms with Gasteiger partial charge in [0.1, 0.15) is 11.0 Å². The molecule has 0 amide bonds. The molecule has 0 spiro atoms. The summed E-state index contributed by atoms with van der Waals surface area (Å²) in [5, 5.41) is 0.639. The lowest BCUT2D eigenvalue weighted by Gasteiger charge is -2.09. The summed E-state index contributed by atoms with van der Waals surface area (Å²) < 4.78 is 0. The average molecular weight is 215 g/mol. The standard InChI is InChI=1S/C9H11ClN2S/c1-6-11-4-8(9(10)12-6)7-2-3-13-5-7/h4,7H,2-3,5H2,1H3. The maximum atomic E-state index is 6.05. The molecule has 4 heteroatoms. The van der Waals surface area contributed by atoms with Crippen LogP contribution in [0.2, 0.25) is 5.15 Å². The lowest BCUT2D eigenvalue weighted by atomic mass is 10.0. The van der Waals surface area contributed by atoms with Crippen LogP contribution in [0.1, 0.15) is 23.7 Å². The highest BCUT2D eigenvalue weighted by Crippen LogP contribution is 2.34. The topological polar surface area (TPSA) is 25.8 Å². The summed E-state index contributed by atoms with van der Waals surface area (Å²) in [6.07, 6.45) is 3.08. The molecular weight excluding hydrogens is 204 g/mol. The third kappa shape index (κ3) is 1.97. The number of halogens is 1. The number of hydrogen-bond acceptors (Lipinski definition) is 3. The van der Waals surface area contributed by atoms with E-state index in [1.54, 1.807) is 0 Å². The average Bonchev–Trinajstić information content (AvgIpc) is 2.56. The molecule has 0 saturated carbocycles. The van der Waals surface area contributed by atoms with Gasteiger partial charge in [0.05, 0.1) is 0 Å². The molecule has 1 aromatic rings. The molecule has 1 fully saturated rings. The third-order valence-corrected chi connectivity index (χ3v) is 3.72. The van der Waals surface area contributed by atoms with Crippen molar-refractivity contribution in [2.75, 3.05) is 11.5 Å². The molecule has 2 nitrogen and oxygen atoms in total. The monoisotopic (exact) mass is 214 g/mol. The van der Waals surface area contributed by atoms with Crippen LogP contribution in [-0.4, -0.2) is 21.5 Å². The molecule has 0 radical (unpaired) electrons. The lowest BCUT2D eigenvalue weighted by molar-refractivity contribution is 0.767. The largest absolute Gasteiger partial charge is 0.241 e. The summed E-state index contributed by atoms with van der Waals surface area (Å²) in [4.78, 5) is 8.34. The van der Waals surface area contributed by atoms with E-state index in [0.717, 1.165) is 17.1 Å². The first kappa shape index (κ1) is 9.28. The predicted molar refractivity (Wildman–Crippen MR) is 56.5 cm³/mol. The van der Waals surface area contributed by atoms with E-state index < -0.39 is 0 Å². The van der Waals surface area contributed by atoms with Crippen molar-refractivity contribution < 1.29 is 0 Å². The van der Waals surface area contributed by atoms with E-state index in [2.05, 4.69) is 9.97 Å². The summed E-state index contributed by atoms with van der Waals surface area (Å²) in [5.41, 5.74) is 1.12. The van der Waals surface area contributed by atoms with Gasteiger partial charge in [0.25, 0.3) is 0 Å². The molecule has 0 aliphatic carbocycles. The van der Waals surface area contributed by atoms with Gasteiger partial charge in [-0.15, -0.1) is 0 Å². The number of rotatable bonds is 1. The maximum absolute atomic E-state index is 6.05. The second-order valence-corrected chi connectivity index (χ2v) is 4.73. The summed E-state index contributed by atoms with van der Waals surface area (Å²) in [7, 11) is 0. The number of aryl methyl sites for hydroxylation is 1. The van der Waals surface area contributed by atoms with Crippen LogP contribution < -0.4 is 0 Å². The molecule has 13 heavy (non-hydrogen) atoms. The molecule has 70 valence electrons. The van der Waals surface area contributed by atoms with Crippen molar-refractivity contribution in [3.63, 3.8) is 0 Å². The Labute approximate surface area is 87.1 Å². The summed E-state index contributed by atoms with van der Waals surface area (Å²) in [6, 6.07) is 0. The first-order chi connectivity index (χ1) is 6.27. The molecule has 1 aliphatic rings. The molecule has 0 aromatic carbocycles. The minimum atomic E-state index is 0.568. The molecule has 1 unspecified atom stereocenters. The zero-order valence-corrected chi connectivity index (χ0v) is 9.03. The first-order valence-corrected chi connectivity index (χ1v) is 5.87. The number of hydrogen-bond donors (Lipinski definition) is 0. The second kappa shape index (κ2) is 3.84. The van der Waals surface area contributed by atoms with Gasteiger partial charge in [-0.3, -0.25) is 0 Å². The van der Waals surface area contributed by atoms with Crippen LogP contribution >= 0.6 is 23.4 Å². The minimum absolute atomic E-state index is 0.568. The second-order valence-electron chi connectivity index (χ2n) is 3.22. The van der Waals surface area contributed by atoms with Gasteiger partial charge in [0, 0.05) is 17.5 Å². The fraction of sp³-hybridized carbons (Fsp3) is 0.556. The van der Waals surface area contributed by atoms with E-state index in [1.807, 2.05) is 24.9 Å². The molecule has 1 aliphatic heterocycles. The van der Waals surface area contributed by atoms with Gasteiger partial charge < -0.3 is 0 Å². The zero-order chi connectivity index (χ0) is 9.26. The van der Waals surface area contributed by atoms with Crippen LogP contribution in [0.4, 0.5) is 0 Å². The van der Waals surface area contributed by atoms with E-state index in [1.165, 1.54) is 12.2 Å². The van der Waals surface area contributed by atoms with Crippen molar-refractivity contribution >= 4 is 23.4 Å². The summed E-state index contributed by atoms with van der Waals surface area (Å²) in [5.74, 6) is 3.71. The number of nitrogens with zero attached hydrogens (tertiary/aromatic N) is 2. The fourth-order valence-electron chi connectivity index (χ4n) is 1.51. The third-order valence-electron chi connectivity index (χ3n) is 2.26. The number of thioether (sulfide) groups is 1. The van der Waals surface area contributed by atoms with Crippen molar-refractivity contribution in [3.05, 3.63) is 22.7 Å². The van der Waals surface area contributed by atoms with Crippen molar-refractivity contribution in [3.8, 4) is 0 Å². The van der Waals surface area contributed by atoms with E-state index in [4.69, 9.17) is 11.6 Å². The molecule has 2 rings (SSSR count). The van der Waals surface area contributed by atoms with Crippen LogP contribution in [0.5, 0.6) is 0 Å². The van der Waals surface area contributed by atoms with Crippen molar-refractivity contribution in [1.29, 1.82) is 0 Å². The Morgan fingerprint density at radius 1 is 1.62 bits per heavy atom. The highest BCUT2D eigenvalue weighted by molar-refractivity contribution is 7.99. The van der Waals surface area contributed by atoms with Crippen molar-refractivity contribution in [2.45, 2.75) is 19.3 Å². The Morgan fingerprint density at radius 2 is 2.46 bits per heavy atom. The Balaban J connectivity index is 2.29. The normalized spacial score (nSPS) is 22.2. The number of aromatic nitrogens is 2. The van der Waals surface area contributed by atoms with E-state index in [-0.39, 0.29) is 0 Å². The van der Waals surface area contributed by atoms with Crippen molar-refractivity contribution in [1.82, 2.24) is 9.97 Å². The summed E-state index contributed by atoms with van der Waals surface area (Å²) >= 11 is 8.02. The van der Waals surface area contributed by atoms with Crippen LogP contribution in [0, 0.1) is 6.92 Å². The zero-order valence-electron chi connectivity index (χ0n) is 7.46. The molecule has 2 heterocycles. The van der Waals surface area contributed by atoms with Gasteiger partial charge in [0.15, 0.2) is 0 Å². The highest BCUT2D eigenvalue weighted by atomic mass is 35.5. The van der Waals surface area contributed by atoms with Crippen LogP contribution in [-0.2, 0) is 0 Å². The lowest BCUT2D eigenvalue weighted by Crippen LogP contribution is -2.01. The predicted octanol–water partition coefficient (Wildman–Crippen LogP) is 2.66. The quantitative estimate of drug-likeness (QED) is 0.673. The van der Waals surface area contributed by atoms with Crippen molar-refractivity contribution in [2.24, 2.45) is 0 Å². The molecule has 1 atom stereocenters. The van der Waals surface area contributed by atoms with Gasteiger partial charge in [-0.2, -0.15) is 11.8 Å². The van der Waals surface area contributed by atoms with Crippen LogP contribution in [0.15, 0.2) is 6.20 Å². The van der Waals surface area contributed by atoms with Gasteiger partial charge in [-0.05, 0) is 25.0 Å². The van der Waals surface area contributed by atoms with Gasteiger partial charge in [-0.1, -0.05) is 11.6 Å². The smallest absolute Gasteiger partial charge is 0.136 e. The fourth-order valence-corrected chi connectivity index (χ4v) is 3.08. The molecule has 0 bridgehead atoms. The Bertz CT molecular complexity index is 310. The first-order valence-electron chi connectivity index (χ1n) is 4.34. The van der Waals surface area contributed by atoms with Crippen LogP contribution in [0.25, 0.3) is 0 Å². The summed E-state index contributed by atoms with van der Waals surface area (Å²) in [6.45, 7) is 1.86. The Hall–Kier alpha value is -0.280. The molecule has 1 saturated heterocycles. The highest BCUT2D eigenvalue weighted by Gasteiger charge is 2.20. The Morgan fingerprint density at radius 3 is 3.08 bits per heavy atom. The van der Waals surface area contributed by atoms with E-state index >= 15 is 0 Å².